The second kappa shape index (κ2) is 10.1. The van der Waals surface area contributed by atoms with Crippen molar-refractivity contribution in [2.75, 3.05) is 46.3 Å². The van der Waals surface area contributed by atoms with E-state index in [-0.39, 0.29) is 5.91 Å². The maximum absolute atomic E-state index is 12.4. The van der Waals surface area contributed by atoms with Crippen molar-refractivity contribution < 1.29 is 9.32 Å². The maximum atomic E-state index is 12.4. The molecule has 0 saturated carbocycles. The molecule has 0 spiro atoms. The average Bonchev–Trinajstić information content (AvgIpc) is 3.29. The summed E-state index contributed by atoms with van der Waals surface area (Å²) in [6, 6.07) is 16.7. The van der Waals surface area contributed by atoms with Gasteiger partial charge in [-0.15, -0.1) is 0 Å². The maximum Gasteiger partial charge on any atom is 0.251 e. The van der Waals surface area contributed by atoms with Crippen molar-refractivity contribution in [3.05, 3.63) is 65.2 Å². The largest absolute Gasteiger partial charge is 0.356 e. The third-order valence-electron chi connectivity index (χ3n) is 5.61. The Morgan fingerprint density at radius 2 is 1.71 bits per heavy atom. The van der Waals surface area contributed by atoms with E-state index in [0.29, 0.717) is 22.9 Å². The van der Waals surface area contributed by atoms with Crippen LogP contribution in [0.25, 0.3) is 22.6 Å². The summed E-state index contributed by atoms with van der Waals surface area (Å²) in [5, 5.41) is 7.85. The first-order valence-electron chi connectivity index (χ1n) is 10.6. The number of aromatic nitrogens is 1. The molecule has 2 heterocycles. The van der Waals surface area contributed by atoms with E-state index < -0.39 is 0 Å². The smallest absolute Gasteiger partial charge is 0.251 e. The van der Waals surface area contributed by atoms with Crippen molar-refractivity contribution >= 4 is 17.5 Å². The lowest BCUT2D eigenvalue weighted by Gasteiger charge is -2.32. The van der Waals surface area contributed by atoms with Crippen LogP contribution in [-0.2, 0) is 0 Å². The van der Waals surface area contributed by atoms with Crippen molar-refractivity contribution in [1.29, 1.82) is 0 Å². The molecule has 1 aromatic heterocycles. The molecule has 162 valence electrons. The molecule has 4 rings (SSSR count). The lowest BCUT2D eigenvalue weighted by Crippen LogP contribution is -2.45. The number of nitrogens with zero attached hydrogens (tertiary/aromatic N) is 3. The van der Waals surface area contributed by atoms with Gasteiger partial charge in [0.05, 0.1) is 0 Å². The number of amides is 1. The van der Waals surface area contributed by atoms with Gasteiger partial charge < -0.3 is 19.6 Å². The lowest BCUT2D eigenvalue weighted by atomic mass is 10.1. The van der Waals surface area contributed by atoms with E-state index in [1.54, 1.807) is 0 Å². The summed E-state index contributed by atoms with van der Waals surface area (Å²) in [5.74, 6) is 0.626. The molecule has 1 aliphatic rings. The average molecular weight is 439 g/mol. The molecule has 0 atom stereocenters. The highest BCUT2D eigenvalue weighted by atomic mass is 35.5. The number of nitrogens with one attached hydrogen (secondary N) is 1. The molecule has 0 aliphatic carbocycles. The Morgan fingerprint density at radius 1 is 1.03 bits per heavy atom. The fourth-order valence-electron chi connectivity index (χ4n) is 3.63. The highest BCUT2D eigenvalue weighted by Gasteiger charge is 2.13. The summed E-state index contributed by atoms with van der Waals surface area (Å²) in [6.07, 6.45) is 0.958. The Balaban J connectivity index is 1.28. The van der Waals surface area contributed by atoms with Gasteiger partial charge in [-0.3, -0.25) is 4.79 Å². The molecule has 1 amide bonds. The van der Waals surface area contributed by atoms with E-state index in [1.807, 2.05) is 54.6 Å². The summed E-state index contributed by atoms with van der Waals surface area (Å²) in [5.41, 5.74) is 3.18. The van der Waals surface area contributed by atoms with Gasteiger partial charge in [0.25, 0.3) is 5.91 Å². The number of halogens is 1. The minimum atomic E-state index is -0.0491. The molecule has 0 bridgehead atoms. The number of hydrogen-bond donors (Lipinski definition) is 1. The summed E-state index contributed by atoms with van der Waals surface area (Å²) >= 11 is 5.94. The van der Waals surface area contributed by atoms with Gasteiger partial charge in [0.2, 0.25) is 0 Å². The predicted molar refractivity (Wildman–Crippen MR) is 123 cm³/mol. The first-order valence-corrected chi connectivity index (χ1v) is 11.0. The number of benzene rings is 2. The van der Waals surface area contributed by atoms with Crippen LogP contribution >= 0.6 is 11.6 Å². The molecule has 1 aliphatic heterocycles. The van der Waals surface area contributed by atoms with E-state index in [1.165, 1.54) is 0 Å². The summed E-state index contributed by atoms with van der Waals surface area (Å²) in [6.45, 7) is 6.15. The fraction of sp³-hybridized carbons (Fsp3) is 0.333. The Bertz CT molecular complexity index is 993. The van der Waals surface area contributed by atoms with Crippen LogP contribution in [0.5, 0.6) is 0 Å². The minimum Gasteiger partial charge on any atom is -0.356 e. The van der Waals surface area contributed by atoms with Crippen LogP contribution in [-0.4, -0.2) is 67.2 Å². The van der Waals surface area contributed by atoms with Crippen molar-refractivity contribution in [1.82, 2.24) is 20.3 Å². The zero-order valence-electron chi connectivity index (χ0n) is 17.7. The van der Waals surface area contributed by atoms with Gasteiger partial charge in [-0.2, -0.15) is 0 Å². The van der Waals surface area contributed by atoms with Crippen molar-refractivity contribution in [3.8, 4) is 22.6 Å². The topological polar surface area (TPSA) is 61.6 Å². The number of rotatable bonds is 7. The highest BCUT2D eigenvalue weighted by molar-refractivity contribution is 6.30. The van der Waals surface area contributed by atoms with Crippen molar-refractivity contribution in [2.45, 2.75) is 6.42 Å². The van der Waals surface area contributed by atoms with Crippen LogP contribution < -0.4 is 5.32 Å². The minimum absolute atomic E-state index is 0.0491. The molecule has 1 N–H and O–H groups in total. The zero-order valence-corrected chi connectivity index (χ0v) is 18.4. The Morgan fingerprint density at radius 3 is 2.42 bits per heavy atom. The standard InChI is InChI=1S/C24H27ClN4O2/c1-28-13-15-29(16-14-28)12-2-11-26-24(30)20-5-3-18(4-6-20)22-17-23(31-27-22)19-7-9-21(25)10-8-19/h3-10,17H,2,11-16H2,1H3,(H,26,30). The molecular formula is C24H27ClN4O2. The second-order valence-corrected chi connectivity index (χ2v) is 8.35. The Kier molecular flexibility index (Phi) is 7.02. The quantitative estimate of drug-likeness (QED) is 0.564. The number of hydrogen-bond acceptors (Lipinski definition) is 5. The lowest BCUT2D eigenvalue weighted by molar-refractivity contribution is 0.0949. The molecule has 1 fully saturated rings. The number of carbonyl (C=O) groups excluding carboxylic acids is 1. The van der Waals surface area contributed by atoms with Crippen molar-refractivity contribution in [3.63, 3.8) is 0 Å². The van der Waals surface area contributed by atoms with Gasteiger partial charge in [0.1, 0.15) is 5.69 Å². The molecule has 3 aromatic rings. The monoisotopic (exact) mass is 438 g/mol. The van der Waals surface area contributed by atoms with Crippen LogP contribution in [0, 0.1) is 0 Å². The third kappa shape index (κ3) is 5.73. The first-order chi connectivity index (χ1) is 15.1. The zero-order chi connectivity index (χ0) is 21.6. The van der Waals surface area contributed by atoms with Gasteiger partial charge in [-0.05, 0) is 56.4 Å². The molecule has 0 unspecified atom stereocenters. The fourth-order valence-corrected chi connectivity index (χ4v) is 3.76. The van der Waals surface area contributed by atoms with Crippen LogP contribution in [0.3, 0.4) is 0 Å². The van der Waals surface area contributed by atoms with Gasteiger partial charge in [-0.25, -0.2) is 0 Å². The van der Waals surface area contributed by atoms with Crippen LogP contribution in [0.4, 0.5) is 0 Å². The van der Waals surface area contributed by atoms with Gasteiger partial charge in [0, 0.05) is 60.5 Å². The van der Waals surface area contributed by atoms with Gasteiger partial charge >= 0.3 is 0 Å². The number of piperazine rings is 1. The Hall–Kier alpha value is -2.67. The molecule has 31 heavy (non-hydrogen) atoms. The van der Waals surface area contributed by atoms with E-state index in [0.717, 1.165) is 56.0 Å². The van der Waals surface area contributed by atoms with Crippen LogP contribution in [0.15, 0.2) is 59.1 Å². The molecular weight excluding hydrogens is 412 g/mol. The molecule has 1 saturated heterocycles. The highest BCUT2D eigenvalue weighted by Crippen LogP contribution is 2.27. The molecule has 2 aromatic carbocycles. The SMILES string of the molecule is CN1CCN(CCCNC(=O)c2ccc(-c3cc(-c4ccc(Cl)cc4)on3)cc2)CC1. The van der Waals surface area contributed by atoms with Crippen LogP contribution in [0.2, 0.25) is 5.02 Å². The summed E-state index contributed by atoms with van der Waals surface area (Å²) in [7, 11) is 2.16. The summed E-state index contributed by atoms with van der Waals surface area (Å²) < 4.78 is 5.47. The van der Waals surface area contributed by atoms with E-state index in [2.05, 4.69) is 27.3 Å². The summed E-state index contributed by atoms with van der Waals surface area (Å²) in [4.78, 5) is 17.2. The molecule has 6 nitrogen and oxygen atoms in total. The second-order valence-electron chi connectivity index (χ2n) is 7.92. The van der Waals surface area contributed by atoms with E-state index in [4.69, 9.17) is 16.1 Å². The Labute approximate surface area is 187 Å². The normalized spacial score (nSPS) is 15.2. The van der Waals surface area contributed by atoms with E-state index in [9.17, 15) is 4.79 Å². The number of carbonyl (C=O) groups is 1. The number of likely N-dealkylation sites (N-methyl/N-ethyl adjacent to an activating group) is 1. The first kappa shape index (κ1) is 21.6. The van der Waals surface area contributed by atoms with Crippen LogP contribution in [0.1, 0.15) is 16.8 Å². The van der Waals surface area contributed by atoms with Crippen molar-refractivity contribution in [2.24, 2.45) is 0 Å². The molecule has 7 heteroatoms. The van der Waals surface area contributed by atoms with E-state index >= 15 is 0 Å². The third-order valence-corrected chi connectivity index (χ3v) is 5.87. The molecule has 0 radical (unpaired) electrons. The van der Waals surface area contributed by atoms with Gasteiger partial charge in [-0.1, -0.05) is 28.9 Å². The van der Waals surface area contributed by atoms with Gasteiger partial charge in [0.15, 0.2) is 5.76 Å². The predicted octanol–water partition coefficient (Wildman–Crippen LogP) is 4.03.